The standard InChI is InChI=1S/C16H21N3OS/c1-5-17-14-10-15(19-16(18-14)21-4)20-13-9-7-6-8-12(13)11(2)3/h6-11H,5H2,1-4H3,(H,17,18,19). The smallest absolute Gasteiger partial charge is 0.225 e. The number of nitrogens with one attached hydrogen (secondary N) is 1. The molecule has 1 N–H and O–H groups in total. The monoisotopic (exact) mass is 303 g/mol. The largest absolute Gasteiger partial charge is 0.439 e. The molecule has 0 saturated heterocycles. The van der Waals surface area contributed by atoms with E-state index in [4.69, 9.17) is 4.74 Å². The maximum absolute atomic E-state index is 6.00. The molecule has 0 aliphatic heterocycles. The van der Waals surface area contributed by atoms with Gasteiger partial charge in [-0.1, -0.05) is 43.8 Å². The summed E-state index contributed by atoms with van der Waals surface area (Å²) in [4.78, 5) is 8.82. The van der Waals surface area contributed by atoms with Crippen LogP contribution in [0.4, 0.5) is 5.82 Å². The van der Waals surface area contributed by atoms with E-state index in [-0.39, 0.29) is 0 Å². The predicted octanol–water partition coefficient (Wildman–Crippen LogP) is 4.55. The zero-order valence-electron chi connectivity index (χ0n) is 12.9. The zero-order chi connectivity index (χ0) is 15.2. The molecule has 1 aromatic carbocycles. The molecular weight excluding hydrogens is 282 g/mol. The van der Waals surface area contributed by atoms with Gasteiger partial charge in [0.15, 0.2) is 5.16 Å². The van der Waals surface area contributed by atoms with Crippen molar-refractivity contribution in [2.45, 2.75) is 31.8 Å². The lowest BCUT2D eigenvalue weighted by atomic mass is 10.0. The second-order valence-electron chi connectivity index (χ2n) is 4.90. The molecule has 0 radical (unpaired) electrons. The number of benzene rings is 1. The Bertz CT molecular complexity index is 602. The molecule has 0 saturated carbocycles. The number of para-hydroxylation sites is 1. The molecule has 21 heavy (non-hydrogen) atoms. The van der Waals surface area contributed by atoms with Gasteiger partial charge in [0.25, 0.3) is 0 Å². The lowest BCUT2D eigenvalue weighted by Crippen LogP contribution is -2.02. The van der Waals surface area contributed by atoms with Crippen LogP contribution >= 0.6 is 11.8 Å². The number of hydrogen-bond donors (Lipinski definition) is 1. The topological polar surface area (TPSA) is 47.0 Å². The van der Waals surface area contributed by atoms with E-state index in [1.165, 1.54) is 17.3 Å². The Hall–Kier alpha value is -1.75. The maximum Gasteiger partial charge on any atom is 0.225 e. The number of anilines is 1. The number of hydrogen-bond acceptors (Lipinski definition) is 5. The van der Waals surface area contributed by atoms with Gasteiger partial charge in [-0.25, -0.2) is 4.98 Å². The summed E-state index contributed by atoms with van der Waals surface area (Å²) in [7, 11) is 0. The fourth-order valence-corrected chi connectivity index (χ4v) is 2.35. The second kappa shape index (κ2) is 7.31. The summed E-state index contributed by atoms with van der Waals surface area (Å²) < 4.78 is 6.00. The van der Waals surface area contributed by atoms with Crippen molar-refractivity contribution >= 4 is 17.6 Å². The van der Waals surface area contributed by atoms with Crippen molar-refractivity contribution in [3.63, 3.8) is 0 Å². The first kappa shape index (κ1) is 15.6. The molecule has 112 valence electrons. The van der Waals surface area contributed by atoms with Crippen molar-refractivity contribution in [3.05, 3.63) is 35.9 Å². The molecule has 0 atom stereocenters. The Balaban J connectivity index is 2.32. The summed E-state index contributed by atoms with van der Waals surface area (Å²) in [6.07, 6.45) is 1.96. The molecule has 1 heterocycles. The van der Waals surface area contributed by atoms with E-state index in [1.807, 2.05) is 37.4 Å². The van der Waals surface area contributed by atoms with Crippen molar-refractivity contribution in [1.82, 2.24) is 9.97 Å². The predicted molar refractivity (Wildman–Crippen MR) is 88.6 cm³/mol. The molecule has 0 amide bonds. The SMILES string of the molecule is CCNc1cc(Oc2ccccc2C(C)C)nc(SC)n1. The van der Waals surface area contributed by atoms with Gasteiger partial charge in [0, 0.05) is 12.6 Å². The Kier molecular flexibility index (Phi) is 5.44. The highest BCUT2D eigenvalue weighted by Crippen LogP contribution is 2.30. The number of thioether (sulfide) groups is 1. The van der Waals surface area contributed by atoms with Crippen LogP contribution in [0, 0.1) is 0 Å². The number of aromatic nitrogens is 2. The molecule has 2 rings (SSSR count). The molecule has 0 spiro atoms. The highest BCUT2D eigenvalue weighted by molar-refractivity contribution is 7.98. The zero-order valence-corrected chi connectivity index (χ0v) is 13.7. The third kappa shape index (κ3) is 4.11. The quantitative estimate of drug-likeness (QED) is 0.627. The van der Waals surface area contributed by atoms with Gasteiger partial charge in [-0.2, -0.15) is 4.98 Å². The van der Waals surface area contributed by atoms with E-state index in [2.05, 4.69) is 35.2 Å². The minimum Gasteiger partial charge on any atom is -0.439 e. The lowest BCUT2D eigenvalue weighted by Gasteiger charge is -2.14. The molecule has 0 fully saturated rings. The van der Waals surface area contributed by atoms with Gasteiger partial charge in [-0.3, -0.25) is 0 Å². The maximum atomic E-state index is 6.00. The Morgan fingerprint density at radius 2 is 2.00 bits per heavy atom. The van der Waals surface area contributed by atoms with Gasteiger partial charge in [-0.05, 0) is 30.7 Å². The van der Waals surface area contributed by atoms with Crippen LogP contribution < -0.4 is 10.1 Å². The number of nitrogens with zero attached hydrogens (tertiary/aromatic N) is 2. The van der Waals surface area contributed by atoms with Gasteiger partial charge < -0.3 is 10.1 Å². The molecule has 2 aromatic rings. The van der Waals surface area contributed by atoms with Crippen LogP contribution in [0.5, 0.6) is 11.6 Å². The minimum absolute atomic E-state index is 0.399. The van der Waals surface area contributed by atoms with E-state index in [0.717, 1.165) is 18.1 Å². The van der Waals surface area contributed by atoms with Gasteiger partial charge in [-0.15, -0.1) is 0 Å². The molecule has 1 aromatic heterocycles. The average molecular weight is 303 g/mol. The van der Waals surface area contributed by atoms with Crippen molar-refractivity contribution < 1.29 is 4.74 Å². The van der Waals surface area contributed by atoms with Gasteiger partial charge in [0.1, 0.15) is 11.6 Å². The highest BCUT2D eigenvalue weighted by atomic mass is 32.2. The van der Waals surface area contributed by atoms with E-state index >= 15 is 0 Å². The first-order valence-electron chi connectivity index (χ1n) is 7.07. The molecular formula is C16H21N3OS. The van der Waals surface area contributed by atoms with Crippen LogP contribution in [0.15, 0.2) is 35.5 Å². The normalized spacial score (nSPS) is 10.7. The van der Waals surface area contributed by atoms with Gasteiger partial charge in [0.05, 0.1) is 0 Å². The second-order valence-corrected chi connectivity index (χ2v) is 5.68. The Morgan fingerprint density at radius 3 is 2.67 bits per heavy atom. The molecule has 5 heteroatoms. The van der Waals surface area contributed by atoms with Crippen molar-refractivity contribution in [2.24, 2.45) is 0 Å². The van der Waals surface area contributed by atoms with Crippen molar-refractivity contribution in [3.8, 4) is 11.6 Å². The molecule has 0 aliphatic carbocycles. The first-order valence-corrected chi connectivity index (χ1v) is 8.30. The van der Waals surface area contributed by atoms with Crippen molar-refractivity contribution in [1.29, 1.82) is 0 Å². The summed E-state index contributed by atoms with van der Waals surface area (Å²) in [6, 6.07) is 9.90. The summed E-state index contributed by atoms with van der Waals surface area (Å²) in [6.45, 7) is 7.15. The van der Waals surface area contributed by atoms with Crippen LogP contribution in [0.1, 0.15) is 32.3 Å². The summed E-state index contributed by atoms with van der Waals surface area (Å²) in [5, 5.41) is 3.90. The average Bonchev–Trinajstić information content (AvgIpc) is 2.47. The van der Waals surface area contributed by atoms with Gasteiger partial charge in [0.2, 0.25) is 5.88 Å². The molecule has 4 nitrogen and oxygen atoms in total. The lowest BCUT2D eigenvalue weighted by molar-refractivity contribution is 0.448. The fourth-order valence-electron chi connectivity index (χ4n) is 1.98. The summed E-state index contributed by atoms with van der Waals surface area (Å²) in [5.74, 6) is 2.60. The molecule has 0 unspecified atom stereocenters. The summed E-state index contributed by atoms with van der Waals surface area (Å²) >= 11 is 1.50. The van der Waals surface area contributed by atoms with Crippen LogP contribution in [0.2, 0.25) is 0 Å². The van der Waals surface area contributed by atoms with Crippen LogP contribution in [-0.2, 0) is 0 Å². The van der Waals surface area contributed by atoms with Crippen LogP contribution in [0.3, 0.4) is 0 Å². The molecule has 0 aliphatic rings. The Labute approximate surface area is 130 Å². The first-order chi connectivity index (χ1) is 10.1. The van der Waals surface area contributed by atoms with E-state index in [9.17, 15) is 0 Å². The number of rotatable bonds is 6. The Morgan fingerprint density at radius 1 is 1.24 bits per heavy atom. The third-order valence-corrected chi connectivity index (χ3v) is 3.53. The van der Waals surface area contributed by atoms with Crippen molar-refractivity contribution in [2.75, 3.05) is 18.1 Å². The van der Waals surface area contributed by atoms with E-state index < -0.39 is 0 Å². The molecule has 0 bridgehead atoms. The number of ether oxygens (including phenoxy) is 1. The van der Waals surface area contributed by atoms with Gasteiger partial charge >= 0.3 is 0 Å². The summed E-state index contributed by atoms with van der Waals surface area (Å²) in [5.41, 5.74) is 1.17. The van der Waals surface area contributed by atoms with E-state index in [0.29, 0.717) is 17.0 Å². The van der Waals surface area contributed by atoms with E-state index in [1.54, 1.807) is 0 Å². The van der Waals surface area contributed by atoms with Crippen LogP contribution in [-0.4, -0.2) is 22.8 Å². The third-order valence-electron chi connectivity index (χ3n) is 2.98. The highest BCUT2D eigenvalue weighted by Gasteiger charge is 2.10. The van der Waals surface area contributed by atoms with Crippen LogP contribution in [0.25, 0.3) is 0 Å². The minimum atomic E-state index is 0.399. The fraction of sp³-hybridized carbons (Fsp3) is 0.375.